The SMILES string of the molecule is C.CC(=O)OC(C(=O)C1CCCCC1)c1cccc(F)c1.O=C(Cc1cccc(F)c1)C1CCCCC1. The summed E-state index contributed by atoms with van der Waals surface area (Å²) in [5.41, 5.74) is 1.21. The number of carbonyl (C=O) groups excluding carboxylic acids is 3. The van der Waals surface area contributed by atoms with Gasteiger partial charge >= 0.3 is 5.97 Å². The fourth-order valence-electron chi connectivity index (χ4n) is 5.14. The highest BCUT2D eigenvalue weighted by molar-refractivity contribution is 5.88. The largest absolute Gasteiger partial charge is 0.450 e. The molecule has 4 nitrogen and oxygen atoms in total. The van der Waals surface area contributed by atoms with Crippen molar-refractivity contribution in [1.29, 1.82) is 0 Å². The highest BCUT2D eigenvalue weighted by Gasteiger charge is 2.31. The van der Waals surface area contributed by atoms with Gasteiger partial charge in [-0.05, 0) is 55.5 Å². The molecule has 2 fully saturated rings. The molecule has 37 heavy (non-hydrogen) atoms. The van der Waals surface area contributed by atoms with E-state index in [0.29, 0.717) is 12.0 Å². The third-order valence-corrected chi connectivity index (χ3v) is 7.03. The second kappa shape index (κ2) is 15.4. The van der Waals surface area contributed by atoms with Crippen molar-refractivity contribution in [3.63, 3.8) is 0 Å². The molecule has 0 saturated heterocycles. The Morgan fingerprint density at radius 3 is 1.89 bits per heavy atom. The van der Waals surface area contributed by atoms with Gasteiger partial charge in [0, 0.05) is 30.7 Å². The molecule has 2 aliphatic carbocycles. The Labute approximate surface area is 219 Å². The number of benzene rings is 2. The lowest BCUT2D eigenvalue weighted by Gasteiger charge is -2.25. The van der Waals surface area contributed by atoms with Gasteiger partial charge in [-0.2, -0.15) is 0 Å². The van der Waals surface area contributed by atoms with Crippen LogP contribution in [0.25, 0.3) is 0 Å². The second-order valence-electron chi connectivity index (χ2n) is 9.89. The first kappa shape index (κ1) is 30.3. The standard InChI is InChI=1S/C16H19FO3.C14H17FO.CH4/c1-11(18)20-16(13-8-5-9-14(17)10-13)15(19)12-6-3-2-4-7-12;15-13-8-4-5-11(9-13)10-14(16)12-6-2-1-3-7-12;/h5,8-10,12,16H,2-4,6-7H2,1H3;4-5,8-9,12H,1-3,6-7,10H2;1H4. The van der Waals surface area contributed by atoms with Gasteiger partial charge in [0.25, 0.3) is 0 Å². The molecule has 2 aliphatic rings. The maximum atomic E-state index is 13.3. The zero-order valence-corrected chi connectivity index (χ0v) is 21.0. The van der Waals surface area contributed by atoms with E-state index in [4.69, 9.17) is 4.74 Å². The lowest BCUT2D eigenvalue weighted by atomic mass is 9.83. The Bertz CT molecular complexity index is 1020. The van der Waals surface area contributed by atoms with Crippen LogP contribution < -0.4 is 0 Å². The maximum absolute atomic E-state index is 13.3. The summed E-state index contributed by atoms with van der Waals surface area (Å²) < 4.78 is 31.4. The number of carbonyl (C=O) groups is 3. The summed E-state index contributed by atoms with van der Waals surface area (Å²) in [4.78, 5) is 35.7. The molecule has 1 unspecified atom stereocenters. The minimum Gasteiger partial charge on any atom is -0.450 e. The van der Waals surface area contributed by atoms with Crippen LogP contribution in [0.4, 0.5) is 8.78 Å². The lowest BCUT2D eigenvalue weighted by Crippen LogP contribution is -2.27. The van der Waals surface area contributed by atoms with Crippen molar-refractivity contribution < 1.29 is 27.9 Å². The molecule has 0 spiro atoms. The Hall–Kier alpha value is -2.89. The number of hydrogen-bond donors (Lipinski definition) is 0. The van der Waals surface area contributed by atoms with Crippen molar-refractivity contribution in [2.24, 2.45) is 11.8 Å². The molecule has 0 radical (unpaired) electrons. The molecule has 2 saturated carbocycles. The highest BCUT2D eigenvalue weighted by Crippen LogP contribution is 2.31. The molecule has 2 aromatic rings. The summed E-state index contributed by atoms with van der Waals surface area (Å²) in [6.45, 7) is 1.26. The van der Waals surface area contributed by atoms with Crippen molar-refractivity contribution in [1.82, 2.24) is 0 Å². The van der Waals surface area contributed by atoms with Gasteiger partial charge in [-0.25, -0.2) is 8.78 Å². The van der Waals surface area contributed by atoms with Crippen molar-refractivity contribution in [2.75, 3.05) is 0 Å². The van der Waals surface area contributed by atoms with Crippen molar-refractivity contribution in [3.8, 4) is 0 Å². The first-order valence-corrected chi connectivity index (χ1v) is 13.1. The van der Waals surface area contributed by atoms with Gasteiger partial charge in [0.05, 0.1) is 0 Å². The zero-order chi connectivity index (χ0) is 25.9. The zero-order valence-electron chi connectivity index (χ0n) is 21.0. The third kappa shape index (κ3) is 9.83. The van der Waals surface area contributed by atoms with E-state index in [9.17, 15) is 23.2 Å². The van der Waals surface area contributed by atoms with Crippen LogP contribution in [0, 0.1) is 23.5 Å². The monoisotopic (exact) mass is 514 g/mol. The number of ether oxygens (including phenoxy) is 1. The van der Waals surface area contributed by atoms with Crippen molar-refractivity contribution in [2.45, 2.75) is 91.1 Å². The first-order valence-electron chi connectivity index (χ1n) is 13.1. The molecular weight excluding hydrogens is 474 g/mol. The van der Waals surface area contributed by atoms with Crippen molar-refractivity contribution >= 4 is 17.5 Å². The molecule has 0 heterocycles. The Balaban J connectivity index is 0.000000259. The van der Waals surface area contributed by atoms with E-state index in [0.717, 1.165) is 50.5 Å². The van der Waals surface area contributed by atoms with Crippen LogP contribution in [-0.4, -0.2) is 17.5 Å². The molecule has 0 aromatic heterocycles. The summed E-state index contributed by atoms with van der Waals surface area (Å²) in [5.74, 6) is -0.905. The summed E-state index contributed by atoms with van der Waals surface area (Å²) in [5, 5.41) is 0. The molecule has 0 amide bonds. The predicted octanol–water partition coefficient (Wildman–Crippen LogP) is 7.73. The number of hydrogen-bond acceptors (Lipinski definition) is 4. The second-order valence-corrected chi connectivity index (χ2v) is 9.89. The number of halogens is 2. The average molecular weight is 515 g/mol. The molecule has 6 heteroatoms. The molecule has 0 aliphatic heterocycles. The topological polar surface area (TPSA) is 60.4 Å². The summed E-state index contributed by atoms with van der Waals surface area (Å²) in [6.07, 6.45) is 9.87. The van der Waals surface area contributed by atoms with E-state index >= 15 is 0 Å². The van der Waals surface area contributed by atoms with Crippen LogP contribution in [0.3, 0.4) is 0 Å². The molecule has 202 valence electrons. The maximum Gasteiger partial charge on any atom is 0.303 e. The molecule has 1 atom stereocenters. The van der Waals surface area contributed by atoms with Gasteiger partial charge < -0.3 is 4.74 Å². The van der Waals surface area contributed by atoms with Crippen molar-refractivity contribution in [3.05, 3.63) is 71.3 Å². The quantitative estimate of drug-likeness (QED) is 0.355. The van der Waals surface area contributed by atoms with E-state index in [1.54, 1.807) is 12.1 Å². The van der Waals surface area contributed by atoms with Crippen LogP contribution in [0.1, 0.15) is 95.8 Å². The Kier molecular flexibility index (Phi) is 12.6. The summed E-state index contributed by atoms with van der Waals surface area (Å²) >= 11 is 0. The normalized spacial score (nSPS) is 16.9. The van der Waals surface area contributed by atoms with Crippen LogP contribution in [0.2, 0.25) is 0 Å². The van der Waals surface area contributed by atoms with Crippen LogP contribution in [-0.2, 0) is 25.5 Å². The third-order valence-electron chi connectivity index (χ3n) is 7.03. The van der Waals surface area contributed by atoms with E-state index in [1.165, 1.54) is 56.5 Å². The minimum atomic E-state index is -0.980. The Morgan fingerprint density at radius 2 is 1.35 bits per heavy atom. The number of rotatable bonds is 7. The molecule has 0 bridgehead atoms. The van der Waals surface area contributed by atoms with E-state index in [-0.39, 0.29) is 36.6 Å². The molecular formula is C31H40F2O4. The first-order chi connectivity index (χ1) is 17.3. The van der Waals surface area contributed by atoms with Gasteiger partial charge in [-0.1, -0.05) is 70.2 Å². The van der Waals surface area contributed by atoms with Gasteiger partial charge in [0.2, 0.25) is 0 Å². The van der Waals surface area contributed by atoms with Crippen LogP contribution in [0.5, 0.6) is 0 Å². The van der Waals surface area contributed by atoms with Crippen LogP contribution in [0.15, 0.2) is 48.5 Å². The average Bonchev–Trinajstić information content (AvgIpc) is 2.88. The molecule has 0 N–H and O–H groups in total. The summed E-state index contributed by atoms with van der Waals surface area (Å²) in [6, 6.07) is 12.1. The fraction of sp³-hybridized carbons (Fsp3) is 0.516. The van der Waals surface area contributed by atoms with E-state index in [1.807, 2.05) is 6.07 Å². The van der Waals surface area contributed by atoms with E-state index in [2.05, 4.69) is 0 Å². The fourth-order valence-corrected chi connectivity index (χ4v) is 5.14. The molecule has 2 aromatic carbocycles. The van der Waals surface area contributed by atoms with Gasteiger partial charge in [0.15, 0.2) is 11.9 Å². The Morgan fingerprint density at radius 1 is 0.811 bits per heavy atom. The smallest absolute Gasteiger partial charge is 0.303 e. The predicted molar refractivity (Wildman–Crippen MR) is 141 cm³/mol. The van der Waals surface area contributed by atoms with Crippen LogP contribution >= 0.6 is 0 Å². The summed E-state index contributed by atoms with van der Waals surface area (Å²) in [7, 11) is 0. The van der Waals surface area contributed by atoms with Gasteiger partial charge in [-0.3, -0.25) is 14.4 Å². The van der Waals surface area contributed by atoms with Gasteiger partial charge in [0.1, 0.15) is 17.4 Å². The number of Topliss-reactive ketones (excluding diaryl/α,β-unsaturated/α-hetero) is 2. The minimum absolute atomic E-state index is 0. The highest BCUT2D eigenvalue weighted by atomic mass is 19.1. The van der Waals surface area contributed by atoms with E-state index < -0.39 is 17.9 Å². The molecule has 4 rings (SSSR count). The number of esters is 1. The number of ketones is 2. The lowest BCUT2D eigenvalue weighted by molar-refractivity contribution is -0.155. The van der Waals surface area contributed by atoms with Gasteiger partial charge in [-0.15, -0.1) is 0 Å².